The molecule has 0 saturated heterocycles. The van der Waals surface area contributed by atoms with E-state index in [1.54, 1.807) is 6.07 Å². The summed E-state index contributed by atoms with van der Waals surface area (Å²) in [6.45, 7) is 0.537. The zero-order valence-electron chi connectivity index (χ0n) is 16.6. The number of halogens is 2. The lowest BCUT2D eigenvalue weighted by Crippen LogP contribution is -2.43. The second-order valence-corrected chi connectivity index (χ2v) is 7.58. The number of benzene rings is 2. The molecule has 0 aromatic heterocycles. The summed E-state index contributed by atoms with van der Waals surface area (Å²) >= 11 is 0. The lowest BCUT2D eigenvalue weighted by molar-refractivity contribution is 0.0224. The molecule has 1 aliphatic rings. The largest absolute Gasteiger partial charge is 0.487 e. The molecule has 2 aromatic rings. The highest BCUT2D eigenvalue weighted by atomic mass is 19.1. The van der Waals surface area contributed by atoms with Gasteiger partial charge in [0.05, 0.1) is 6.10 Å². The molecule has 2 aromatic carbocycles. The van der Waals surface area contributed by atoms with Gasteiger partial charge in [-0.15, -0.1) is 4.91 Å². The summed E-state index contributed by atoms with van der Waals surface area (Å²) < 4.78 is 32.3. The van der Waals surface area contributed by atoms with Crippen LogP contribution in [0, 0.1) is 16.5 Å². The molecule has 1 aliphatic heterocycles. The summed E-state index contributed by atoms with van der Waals surface area (Å²) in [5.41, 5.74) is 1.53. The van der Waals surface area contributed by atoms with Crippen molar-refractivity contribution in [2.24, 2.45) is 5.18 Å². The van der Waals surface area contributed by atoms with Gasteiger partial charge in [0.25, 0.3) is 0 Å². The van der Waals surface area contributed by atoms with Crippen molar-refractivity contribution in [1.82, 2.24) is 5.32 Å². The normalized spacial score (nSPS) is 17.7. The zero-order valence-corrected chi connectivity index (χ0v) is 16.6. The molecule has 0 fully saturated rings. The third-order valence-corrected chi connectivity index (χ3v) is 5.29. The molecule has 0 saturated carbocycles. The molecule has 3 atom stereocenters. The van der Waals surface area contributed by atoms with Crippen molar-refractivity contribution in [3.8, 4) is 5.75 Å². The molecule has 6 nitrogen and oxygen atoms in total. The molecular formula is C22H26F2N2O4. The maximum absolute atomic E-state index is 13.3. The standard InChI is InChI=1S/C22H26F2N2O4/c23-16-5-7-19(26-29)14(10-16)2-1-3-18(27)12-25-13-20(28)22-8-4-15-11-17(24)6-9-21(15)30-22/h5-7,9-11,18,20,22,25,27-28H,1-4,8,12-13H2/t18-,20+,22-/m0/s1. The minimum atomic E-state index is -0.760. The van der Waals surface area contributed by atoms with E-state index >= 15 is 0 Å². The molecule has 30 heavy (non-hydrogen) atoms. The number of nitrogens with zero attached hydrogens (tertiary/aromatic N) is 1. The van der Waals surface area contributed by atoms with E-state index in [9.17, 15) is 23.9 Å². The Bertz CT molecular complexity index is 865. The van der Waals surface area contributed by atoms with Gasteiger partial charge < -0.3 is 20.3 Å². The molecule has 162 valence electrons. The fraction of sp³-hybridized carbons (Fsp3) is 0.455. The van der Waals surface area contributed by atoms with E-state index in [0.717, 1.165) is 5.56 Å². The van der Waals surface area contributed by atoms with Crippen LogP contribution in [0.15, 0.2) is 41.6 Å². The second kappa shape index (κ2) is 10.6. The molecule has 0 radical (unpaired) electrons. The Morgan fingerprint density at radius 1 is 1.13 bits per heavy atom. The smallest absolute Gasteiger partial charge is 0.126 e. The Balaban J connectivity index is 1.36. The predicted octanol–water partition coefficient (Wildman–Crippen LogP) is 3.39. The summed E-state index contributed by atoms with van der Waals surface area (Å²) in [5, 5.41) is 26.4. The molecule has 0 spiro atoms. The van der Waals surface area contributed by atoms with Gasteiger partial charge in [0.15, 0.2) is 0 Å². The first-order valence-corrected chi connectivity index (χ1v) is 10.1. The molecule has 0 amide bonds. The van der Waals surface area contributed by atoms with Crippen LogP contribution >= 0.6 is 0 Å². The fourth-order valence-electron chi connectivity index (χ4n) is 3.65. The number of fused-ring (bicyclic) bond motifs is 1. The Hall–Kier alpha value is -2.42. The van der Waals surface area contributed by atoms with Gasteiger partial charge in [-0.25, -0.2) is 8.78 Å². The van der Waals surface area contributed by atoms with E-state index in [4.69, 9.17) is 4.74 Å². The number of aliphatic hydroxyl groups is 2. The molecule has 0 aliphatic carbocycles. The van der Waals surface area contributed by atoms with Gasteiger partial charge in [-0.1, -0.05) is 0 Å². The summed E-state index contributed by atoms with van der Waals surface area (Å²) in [6.07, 6.45) is 0.882. The number of nitroso groups, excluding NO2 is 1. The number of ether oxygens (including phenoxy) is 1. The van der Waals surface area contributed by atoms with E-state index in [-0.39, 0.29) is 24.6 Å². The van der Waals surface area contributed by atoms with E-state index in [1.807, 2.05) is 0 Å². The first kappa shape index (κ1) is 22.3. The van der Waals surface area contributed by atoms with Gasteiger partial charge in [-0.2, -0.15) is 0 Å². The van der Waals surface area contributed by atoms with Crippen molar-refractivity contribution in [1.29, 1.82) is 0 Å². The van der Waals surface area contributed by atoms with Crippen LogP contribution in [0.25, 0.3) is 0 Å². The number of hydrogen-bond acceptors (Lipinski definition) is 6. The SMILES string of the molecule is O=Nc1ccc(F)cc1CCC[C@H](O)CNC[C@@H](O)[C@@H]1CCc2cc(F)ccc2O1. The van der Waals surface area contributed by atoms with Crippen molar-refractivity contribution in [2.75, 3.05) is 13.1 Å². The van der Waals surface area contributed by atoms with Crippen LogP contribution in [-0.2, 0) is 12.8 Å². The average molecular weight is 420 g/mol. The van der Waals surface area contributed by atoms with Crippen LogP contribution in [0.4, 0.5) is 14.5 Å². The highest BCUT2D eigenvalue weighted by Gasteiger charge is 2.26. The summed E-state index contributed by atoms with van der Waals surface area (Å²) in [6, 6.07) is 8.18. The van der Waals surface area contributed by atoms with Crippen molar-refractivity contribution >= 4 is 5.69 Å². The first-order chi connectivity index (χ1) is 14.5. The van der Waals surface area contributed by atoms with Crippen molar-refractivity contribution in [3.63, 3.8) is 0 Å². The van der Waals surface area contributed by atoms with Gasteiger partial charge >= 0.3 is 0 Å². The van der Waals surface area contributed by atoms with E-state index in [2.05, 4.69) is 10.5 Å². The highest BCUT2D eigenvalue weighted by molar-refractivity contribution is 5.45. The van der Waals surface area contributed by atoms with Crippen LogP contribution in [-0.4, -0.2) is 41.6 Å². The molecule has 3 N–H and O–H groups in total. The Morgan fingerprint density at radius 2 is 1.90 bits per heavy atom. The fourth-order valence-corrected chi connectivity index (χ4v) is 3.65. The minimum absolute atomic E-state index is 0.212. The first-order valence-electron chi connectivity index (χ1n) is 10.1. The summed E-state index contributed by atoms with van der Waals surface area (Å²) in [4.78, 5) is 10.8. The van der Waals surface area contributed by atoms with Crippen LogP contribution in [0.5, 0.6) is 5.75 Å². The van der Waals surface area contributed by atoms with Gasteiger partial charge in [0.1, 0.15) is 35.3 Å². The number of aryl methyl sites for hydroxylation is 2. The van der Waals surface area contributed by atoms with Crippen LogP contribution in [0.3, 0.4) is 0 Å². The summed E-state index contributed by atoms with van der Waals surface area (Å²) in [7, 11) is 0. The molecule has 1 heterocycles. The number of aliphatic hydroxyl groups excluding tert-OH is 2. The maximum atomic E-state index is 13.3. The predicted molar refractivity (Wildman–Crippen MR) is 109 cm³/mol. The number of nitrogens with one attached hydrogen (secondary N) is 1. The molecule has 8 heteroatoms. The van der Waals surface area contributed by atoms with Gasteiger partial charge in [-0.05, 0) is 84.8 Å². The quantitative estimate of drug-likeness (QED) is 0.513. The lowest BCUT2D eigenvalue weighted by atomic mass is 9.99. The molecule has 3 rings (SSSR count). The van der Waals surface area contributed by atoms with Crippen molar-refractivity contribution < 1.29 is 23.7 Å². The molecule has 0 unspecified atom stereocenters. The van der Waals surface area contributed by atoms with E-state index in [1.165, 1.54) is 30.3 Å². The van der Waals surface area contributed by atoms with E-state index < -0.39 is 24.1 Å². The number of rotatable bonds is 10. The maximum Gasteiger partial charge on any atom is 0.126 e. The van der Waals surface area contributed by atoms with Crippen molar-refractivity contribution in [3.05, 3.63) is 64.1 Å². The van der Waals surface area contributed by atoms with Gasteiger partial charge in [0, 0.05) is 13.1 Å². The van der Waals surface area contributed by atoms with Gasteiger partial charge in [-0.3, -0.25) is 0 Å². The highest BCUT2D eigenvalue weighted by Crippen LogP contribution is 2.29. The topological polar surface area (TPSA) is 91.2 Å². The average Bonchev–Trinajstić information content (AvgIpc) is 2.73. The Morgan fingerprint density at radius 3 is 2.70 bits per heavy atom. The lowest BCUT2D eigenvalue weighted by Gasteiger charge is -2.30. The summed E-state index contributed by atoms with van der Waals surface area (Å²) in [5.74, 6) is -0.136. The van der Waals surface area contributed by atoms with Crippen LogP contribution in [0.1, 0.15) is 30.4 Å². The molecular weight excluding hydrogens is 394 g/mol. The minimum Gasteiger partial charge on any atom is -0.487 e. The molecule has 0 bridgehead atoms. The van der Waals surface area contributed by atoms with Crippen molar-refractivity contribution in [2.45, 2.75) is 50.4 Å². The Kier molecular flexibility index (Phi) is 7.84. The van der Waals surface area contributed by atoms with Crippen LogP contribution < -0.4 is 10.1 Å². The zero-order chi connectivity index (χ0) is 21.5. The van der Waals surface area contributed by atoms with E-state index in [0.29, 0.717) is 43.4 Å². The second-order valence-electron chi connectivity index (χ2n) is 7.58. The monoisotopic (exact) mass is 420 g/mol. The van der Waals surface area contributed by atoms with Crippen LogP contribution in [0.2, 0.25) is 0 Å². The third kappa shape index (κ3) is 6.04. The Labute approximate surface area is 173 Å². The number of hydrogen-bond donors (Lipinski definition) is 3. The third-order valence-electron chi connectivity index (χ3n) is 5.29. The van der Waals surface area contributed by atoms with Gasteiger partial charge in [0.2, 0.25) is 0 Å².